The van der Waals surface area contributed by atoms with Gasteiger partial charge in [-0.25, -0.2) is 14.0 Å². The Labute approximate surface area is 222 Å². The van der Waals surface area contributed by atoms with Crippen molar-refractivity contribution in [2.24, 2.45) is 17.3 Å². The van der Waals surface area contributed by atoms with Gasteiger partial charge in [0.05, 0.1) is 11.1 Å². The number of benzene rings is 3. The summed E-state index contributed by atoms with van der Waals surface area (Å²) in [5.41, 5.74) is 1.99. The number of carbonyl (C=O) groups is 2. The van der Waals surface area contributed by atoms with Gasteiger partial charge in [-0.15, -0.1) is 0 Å². The van der Waals surface area contributed by atoms with Crippen molar-refractivity contribution < 1.29 is 23.5 Å². The van der Waals surface area contributed by atoms with Gasteiger partial charge in [-0.2, -0.15) is 0 Å². The lowest BCUT2D eigenvalue weighted by Gasteiger charge is -2.54. The lowest BCUT2D eigenvalue weighted by Crippen LogP contribution is -2.57. The Morgan fingerprint density at radius 1 is 0.816 bits per heavy atom. The maximum absolute atomic E-state index is 14.7. The fourth-order valence-corrected chi connectivity index (χ4v) is 5.96. The van der Waals surface area contributed by atoms with Crippen molar-refractivity contribution in [3.63, 3.8) is 0 Å². The molecular weight excluding hydrogens is 479 g/mol. The third kappa shape index (κ3) is 4.69. The van der Waals surface area contributed by atoms with E-state index in [4.69, 9.17) is 9.47 Å². The van der Waals surface area contributed by atoms with Gasteiger partial charge in [-0.1, -0.05) is 80.6 Å². The summed E-state index contributed by atoms with van der Waals surface area (Å²) in [5, 5.41) is 0. The second kappa shape index (κ2) is 10.4. The predicted octanol–water partition coefficient (Wildman–Crippen LogP) is 7.07. The zero-order valence-corrected chi connectivity index (χ0v) is 21.7. The first kappa shape index (κ1) is 25.7. The second-order valence-electron chi connectivity index (χ2n) is 10.4. The molecule has 4 nitrogen and oxygen atoms in total. The van der Waals surface area contributed by atoms with E-state index in [1.165, 1.54) is 12.1 Å². The fraction of sp³-hybridized carbons (Fsp3) is 0.273. The monoisotopic (exact) mass is 510 g/mol. The normalized spacial score (nSPS) is 27.8. The predicted molar refractivity (Wildman–Crippen MR) is 144 cm³/mol. The van der Waals surface area contributed by atoms with Gasteiger partial charge < -0.3 is 9.47 Å². The summed E-state index contributed by atoms with van der Waals surface area (Å²) in [6.07, 6.45) is 6.58. The van der Waals surface area contributed by atoms with Crippen LogP contribution < -0.4 is 0 Å². The van der Waals surface area contributed by atoms with Crippen molar-refractivity contribution >= 4 is 11.9 Å². The van der Waals surface area contributed by atoms with Gasteiger partial charge in [-0.3, -0.25) is 0 Å². The highest BCUT2D eigenvalue weighted by atomic mass is 19.1. The highest BCUT2D eigenvalue weighted by Gasteiger charge is 2.57. The van der Waals surface area contributed by atoms with Crippen LogP contribution in [0.2, 0.25) is 0 Å². The molecule has 38 heavy (non-hydrogen) atoms. The summed E-state index contributed by atoms with van der Waals surface area (Å²) >= 11 is 0. The molecule has 194 valence electrons. The summed E-state index contributed by atoms with van der Waals surface area (Å²) in [4.78, 5) is 26.8. The Bertz CT molecular complexity index is 1380. The molecule has 5 rings (SSSR count). The van der Waals surface area contributed by atoms with Crippen LogP contribution in [0.1, 0.15) is 51.6 Å². The van der Waals surface area contributed by atoms with Crippen LogP contribution in [0.15, 0.2) is 103 Å². The highest BCUT2D eigenvalue weighted by molar-refractivity contribution is 5.90. The van der Waals surface area contributed by atoms with E-state index in [-0.39, 0.29) is 17.7 Å². The third-order valence-electron chi connectivity index (χ3n) is 8.25. The minimum Gasteiger partial charge on any atom is -0.454 e. The molecule has 0 N–H and O–H groups in total. The Morgan fingerprint density at radius 2 is 1.39 bits per heavy atom. The van der Waals surface area contributed by atoms with Crippen molar-refractivity contribution in [2.75, 3.05) is 0 Å². The first-order valence-corrected chi connectivity index (χ1v) is 12.9. The number of hydrogen-bond acceptors (Lipinski definition) is 4. The minimum atomic E-state index is -0.847. The summed E-state index contributed by atoms with van der Waals surface area (Å²) in [6.45, 7) is 6.08. The standard InChI is InChI=1S/C33H31FO4/c1-21-17-18-25(34)20-26(21)28-27-16-10-11-19-33(27,3)22(2)29(37-31(35)23-12-6-4-7-13-23)30(28)38-32(36)24-14-8-5-9-15-24/h4-20,22,27-30H,1-3H3. The zero-order valence-electron chi connectivity index (χ0n) is 21.7. The molecule has 0 radical (unpaired) electrons. The number of hydrogen-bond donors (Lipinski definition) is 0. The molecule has 2 aliphatic carbocycles. The SMILES string of the molecule is Cc1ccc(F)cc1C1C(OC(=O)c2ccccc2)C(OC(=O)c2ccccc2)C(C)C2(C)C=CC=CC12. The molecule has 3 aromatic rings. The molecule has 5 heteroatoms. The van der Waals surface area contributed by atoms with Crippen molar-refractivity contribution in [1.29, 1.82) is 0 Å². The Morgan fingerprint density at radius 3 is 2.00 bits per heavy atom. The quantitative estimate of drug-likeness (QED) is 0.345. The van der Waals surface area contributed by atoms with Gasteiger partial charge >= 0.3 is 11.9 Å². The van der Waals surface area contributed by atoms with Crippen molar-refractivity contribution in [3.05, 3.63) is 131 Å². The van der Waals surface area contributed by atoms with E-state index >= 15 is 0 Å². The number of ether oxygens (including phenoxy) is 2. The molecule has 0 spiro atoms. The van der Waals surface area contributed by atoms with Crippen LogP contribution in [0.3, 0.4) is 0 Å². The van der Waals surface area contributed by atoms with E-state index in [9.17, 15) is 14.0 Å². The highest BCUT2D eigenvalue weighted by Crippen LogP contribution is 2.56. The number of allylic oxidation sites excluding steroid dienone is 4. The summed E-state index contributed by atoms with van der Waals surface area (Å²) in [5.74, 6) is -2.15. The van der Waals surface area contributed by atoms with Gasteiger partial charge in [0.2, 0.25) is 0 Å². The molecule has 0 amide bonds. The third-order valence-corrected chi connectivity index (χ3v) is 8.25. The van der Waals surface area contributed by atoms with Gasteiger partial charge in [-0.05, 0) is 65.8 Å². The average molecular weight is 511 g/mol. The molecule has 1 saturated carbocycles. The maximum atomic E-state index is 14.7. The number of rotatable bonds is 5. The number of esters is 2. The Hall–Kier alpha value is -3.99. The molecular formula is C33H31FO4. The smallest absolute Gasteiger partial charge is 0.338 e. The van der Waals surface area contributed by atoms with Gasteiger partial charge in [0.25, 0.3) is 0 Å². The van der Waals surface area contributed by atoms with Crippen molar-refractivity contribution in [3.8, 4) is 0 Å². The van der Waals surface area contributed by atoms with Crippen LogP contribution in [-0.2, 0) is 9.47 Å². The first-order chi connectivity index (χ1) is 18.3. The molecule has 3 aromatic carbocycles. The first-order valence-electron chi connectivity index (χ1n) is 12.9. The molecule has 0 saturated heterocycles. The van der Waals surface area contributed by atoms with E-state index in [1.807, 2.05) is 38.1 Å². The molecule has 6 unspecified atom stereocenters. The zero-order chi connectivity index (χ0) is 26.9. The summed E-state index contributed by atoms with van der Waals surface area (Å²) in [7, 11) is 0. The minimum absolute atomic E-state index is 0.122. The van der Waals surface area contributed by atoms with Gasteiger partial charge in [0.1, 0.15) is 18.0 Å². The van der Waals surface area contributed by atoms with Gasteiger partial charge in [0, 0.05) is 11.8 Å². The second-order valence-corrected chi connectivity index (χ2v) is 10.4. The van der Waals surface area contributed by atoms with E-state index < -0.39 is 35.5 Å². The lowest BCUT2D eigenvalue weighted by atomic mass is 9.53. The van der Waals surface area contributed by atoms with Crippen LogP contribution in [0.25, 0.3) is 0 Å². The molecule has 0 bridgehead atoms. The van der Waals surface area contributed by atoms with E-state index in [1.54, 1.807) is 54.6 Å². The average Bonchev–Trinajstić information content (AvgIpc) is 2.94. The van der Waals surface area contributed by atoms with E-state index in [0.29, 0.717) is 11.1 Å². The van der Waals surface area contributed by atoms with Crippen LogP contribution in [0, 0.1) is 30.0 Å². The molecule has 0 aromatic heterocycles. The lowest BCUT2D eigenvalue weighted by molar-refractivity contribution is -0.121. The van der Waals surface area contributed by atoms with Crippen LogP contribution in [-0.4, -0.2) is 24.1 Å². The Kier molecular flexibility index (Phi) is 7.02. The molecule has 0 heterocycles. The van der Waals surface area contributed by atoms with Crippen LogP contribution in [0.5, 0.6) is 0 Å². The van der Waals surface area contributed by atoms with Crippen LogP contribution in [0.4, 0.5) is 4.39 Å². The maximum Gasteiger partial charge on any atom is 0.338 e. The number of fused-ring (bicyclic) bond motifs is 1. The van der Waals surface area contributed by atoms with Gasteiger partial charge in [0.15, 0.2) is 0 Å². The number of halogens is 1. The van der Waals surface area contributed by atoms with Crippen molar-refractivity contribution in [2.45, 2.75) is 38.9 Å². The topological polar surface area (TPSA) is 52.6 Å². The van der Waals surface area contributed by atoms with E-state index in [0.717, 1.165) is 11.1 Å². The van der Waals surface area contributed by atoms with Crippen molar-refractivity contribution in [1.82, 2.24) is 0 Å². The largest absolute Gasteiger partial charge is 0.454 e. The number of aryl methyl sites for hydroxylation is 1. The van der Waals surface area contributed by atoms with Crippen LogP contribution >= 0.6 is 0 Å². The summed E-state index contributed by atoms with van der Waals surface area (Å²) in [6, 6.07) is 22.2. The molecule has 6 atom stereocenters. The molecule has 0 aliphatic heterocycles. The summed E-state index contributed by atoms with van der Waals surface area (Å²) < 4.78 is 27.1. The van der Waals surface area contributed by atoms with E-state index in [2.05, 4.69) is 19.1 Å². The Balaban J connectivity index is 1.64. The fourth-order valence-electron chi connectivity index (χ4n) is 5.96. The molecule has 2 aliphatic rings. The molecule has 1 fully saturated rings. The number of carbonyl (C=O) groups excluding carboxylic acids is 2.